The lowest BCUT2D eigenvalue weighted by Gasteiger charge is -2.43. The van der Waals surface area contributed by atoms with Crippen LogP contribution in [0, 0.1) is 0 Å². The maximum Gasteiger partial charge on any atom is 0.0543 e. The molecule has 0 aromatic heterocycles. The first-order valence-electron chi connectivity index (χ1n) is 21.0. The first kappa shape index (κ1) is 36.7. The van der Waals surface area contributed by atoms with Gasteiger partial charge in [0.25, 0.3) is 0 Å². The highest BCUT2D eigenvalue weighted by molar-refractivity contribution is 5.95. The number of anilines is 3. The Balaban J connectivity index is 1.27. The van der Waals surface area contributed by atoms with Crippen molar-refractivity contribution in [3.05, 3.63) is 161 Å². The normalized spacial score (nSPS) is 19.0. The van der Waals surface area contributed by atoms with Crippen molar-refractivity contribution in [3.63, 3.8) is 0 Å². The van der Waals surface area contributed by atoms with E-state index in [0.717, 1.165) is 5.69 Å². The Bertz CT molecular complexity index is 2490. The fraction of sp³-hybridized carbons (Fsp3) is 0.345. The van der Waals surface area contributed by atoms with E-state index in [2.05, 4.69) is 202 Å². The van der Waals surface area contributed by atoms with Crippen LogP contribution in [0.3, 0.4) is 0 Å². The summed E-state index contributed by atoms with van der Waals surface area (Å²) in [6.45, 7) is 24.2. The van der Waals surface area contributed by atoms with Gasteiger partial charge in [0.1, 0.15) is 0 Å². The van der Waals surface area contributed by atoms with Crippen LogP contribution in [0.15, 0.2) is 127 Å². The SMILES string of the molecule is CC1(C)CCC(C)(C)c2cc(-c3cc4c(cc3N(c3ccccc3)c3ccc(-c5cccc6c5C(C)(C)CCC6(C)C)cc3)C(C)(C)c3ccccc3-4)ccc21. The van der Waals surface area contributed by atoms with Gasteiger partial charge in [0, 0.05) is 22.4 Å². The molecule has 0 aliphatic heterocycles. The molecule has 0 N–H and O–H groups in total. The molecule has 0 bridgehead atoms. The molecular weight excluding hydrogens is 675 g/mol. The van der Waals surface area contributed by atoms with Crippen molar-refractivity contribution in [1.29, 1.82) is 0 Å². The van der Waals surface area contributed by atoms with Crippen LogP contribution in [0.5, 0.6) is 0 Å². The number of hydrogen-bond donors (Lipinski definition) is 0. The quantitative estimate of drug-likeness (QED) is 0.171. The Kier molecular flexibility index (Phi) is 8.24. The van der Waals surface area contributed by atoms with Gasteiger partial charge < -0.3 is 4.90 Å². The van der Waals surface area contributed by atoms with E-state index in [-0.39, 0.29) is 27.1 Å². The molecule has 0 heterocycles. The minimum absolute atomic E-state index is 0.113. The Morgan fingerprint density at radius 3 is 1.62 bits per heavy atom. The molecule has 0 saturated heterocycles. The van der Waals surface area contributed by atoms with E-state index < -0.39 is 0 Å². The van der Waals surface area contributed by atoms with Crippen LogP contribution in [0.2, 0.25) is 0 Å². The highest BCUT2D eigenvalue weighted by Crippen LogP contribution is 2.55. The third kappa shape index (κ3) is 5.71. The van der Waals surface area contributed by atoms with Crippen molar-refractivity contribution in [2.45, 2.75) is 122 Å². The highest BCUT2D eigenvalue weighted by atomic mass is 15.1. The van der Waals surface area contributed by atoms with Gasteiger partial charge in [0.2, 0.25) is 0 Å². The maximum atomic E-state index is 2.54. The van der Waals surface area contributed by atoms with E-state index in [1.54, 1.807) is 0 Å². The van der Waals surface area contributed by atoms with Crippen LogP contribution in [0.1, 0.15) is 128 Å². The molecule has 0 amide bonds. The molecule has 0 spiro atoms. The van der Waals surface area contributed by atoms with E-state index in [4.69, 9.17) is 0 Å². The first-order chi connectivity index (χ1) is 26.5. The van der Waals surface area contributed by atoms with Gasteiger partial charge in [-0.2, -0.15) is 0 Å². The summed E-state index contributed by atoms with van der Waals surface area (Å²) in [5.41, 5.74) is 20.7. The molecule has 284 valence electrons. The summed E-state index contributed by atoms with van der Waals surface area (Å²) < 4.78 is 0. The number of para-hydroxylation sites is 1. The molecule has 3 aliphatic carbocycles. The standard InChI is InChI=1S/C55H59N/c1-51(2)29-30-53(5,6)48-33-37(25-28-45(48)51)42-34-43-41-19-14-15-21-44(41)55(9,10)47(43)35-49(42)56(38-17-12-11-13-18-38)39-26-23-36(24-27-39)40-20-16-22-46-50(40)54(7,8)32-31-52(46,3)4/h11-28,33-35H,29-32H2,1-10H3. The van der Waals surface area contributed by atoms with Gasteiger partial charge in [0.15, 0.2) is 0 Å². The van der Waals surface area contributed by atoms with E-state index in [9.17, 15) is 0 Å². The minimum Gasteiger partial charge on any atom is -0.310 e. The monoisotopic (exact) mass is 733 g/mol. The minimum atomic E-state index is -0.125. The van der Waals surface area contributed by atoms with Gasteiger partial charge >= 0.3 is 0 Å². The first-order valence-corrected chi connectivity index (χ1v) is 21.0. The van der Waals surface area contributed by atoms with E-state index >= 15 is 0 Å². The smallest absolute Gasteiger partial charge is 0.0543 e. The van der Waals surface area contributed by atoms with Crippen LogP contribution in [0.4, 0.5) is 17.1 Å². The van der Waals surface area contributed by atoms with Crippen LogP contribution in [-0.4, -0.2) is 0 Å². The van der Waals surface area contributed by atoms with Crippen LogP contribution in [0.25, 0.3) is 33.4 Å². The third-order valence-electron chi connectivity index (χ3n) is 14.4. The summed E-state index contributed by atoms with van der Waals surface area (Å²) in [6.07, 6.45) is 4.81. The Morgan fingerprint density at radius 2 is 0.911 bits per heavy atom. The van der Waals surface area contributed by atoms with Gasteiger partial charge in [-0.15, -0.1) is 0 Å². The zero-order valence-corrected chi connectivity index (χ0v) is 35.4. The topological polar surface area (TPSA) is 3.24 Å². The summed E-state index contributed by atoms with van der Waals surface area (Å²) in [5, 5.41) is 0. The second-order valence-corrected chi connectivity index (χ2v) is 20.3. The largest absolute Gasteiger partial charge is 0.310 e. The molecular formula is C55H59N. The molecule has 0 atom stereocenters. The summed E-state index contributed by atoms with van der Waals surface area (Å²) in [7, 11) is 0. The summed E-state index contributed by atoms with van der Waals surface area (Å²) in [5.74, 6) is 0. The molecule has 0 fully saturated rings. The van der Waals surface area contributed by atoms with Crippen molar-refractivity contribution in [3.8, 4) is 33.4 Å². The molecule has 1 heteroatoms. The Morgan fingerprint density at radius 1 is 0.357 bits per heavy atom. The van der Waals surface area contributed by atoms with Gasteiger partial charge in [-0.25, -0.2) is 0 Å². The number of fused-ring (bicyclic) bond motifs is 5. The number of benzene rings is 6. The van der Waals surface area contributed by atoms with Crippen molar-refractivity contribution in [2.75, 3.05) is 4.90 Å². The lowest BCUT2D eigenvalue weighted by molar-refractivity contribution is 0.332. The summed E-state index contributed by atoms with van der Waals surface area (Å²) >= 11 is 0. The summed E-state index contributed by atoms with van der Waals surface area (Å²) in [4.78, 5) is 2.51. The Labute approximate surface area is 336 Å². The lowest BCUT2D eigenvalue weighted by Crippen LogP contribution is -2.34. The van der Waals surface area contributed by atoms with Crippen molar-refractivity contribution >= 4 is 17.1 Å². The zero-order valence-electron chi connectivity index (χ0n) is 35.4. The van der Waals surface area contributed by atoms with Crippen molar-refractivity contribution < 1.29 is 0 Å². The van der Waals surface area contributed by atoms with E-state index in [1.165, 1.54) is 104 Å². The average Bonchev–Trinajstić information content (AvgIpc) is 3.41. The molecule has 0 radical (unpaired) electrons. The fourth-order valence-corrected chi connectivity index (χ4v) is 10.7. The van der Waals surface area contributed by atoms with Gasteiger partial charge in [-0.1, -0.05) is 160 Å². The predicted molar refractivity (Wildman–Crippen MR) is 240 cm³/mol. The molecule has 0 saturated carbocycles. The second kappa shape index (κ2) is 12.6. The molecule has 1 nitrogen and oxygen atoms in total. The average molecular weight is 734 g/mol. The van der Waals surface area contributed by atoms with Crippen LogP contribution in [-0.2, 0) is 27.1 Å². The number of rotatable bonds is 5. The van der Waals surface area contributed by atoms with Gasteiger partial charge in [0.05, 0.1) is 5.69 Å². The highest BCUT2D eigenvalue weighted by Gasteiger charge is 2.41. The predicted octanol–water partition coefficient (Wildman–Crippen LogP) is 15.5. The van der Waals surface area contributed by atoms with Crippen LogP contribution >= 0.6 is 0 Å². The molecule has 9 rings (SSSR count). The van der Waals surface area contributed by atoms with E-state index in [1.807, 2.05) is 0 Å². The second-order valence-electron chi connectivity index (χ2n) is 20.3. The number of hydrogen-bond acceptors (Lipinski definition) is 1. The summed E-state index contributed by atoms with van der Waals surface area (Å²) in [6, 6.07) is 49.0. The molecule has 6 aromatic rings. The third-order valence-corrected chi connectivity index (χ3v) is 14.4. The molecule has 0 unspecified atom stereocenters. The Hall–Kier alpha value is -4.88. The van der Waals surface area contributed by atoms with Crippen molar-refractivity contribution in [1.82, 2.24) is 0 Å². The maximum absolute atomic E-state index is 2.54. The molecule has 3 aliphatic rings. The van der Waals surface area contributed by atoms with Crippen molar-refractivity contribution in [2.24, 2.45) is 0 Å². The molecule has 56 heavy (non-hydrogen) atoms. The van der Waals surface area contributed by atoms with Gasteiger partial charge in [-0.3, -0.25) is 0 Å². The zero-order chi connectivity index (χ0) is 39.4. The van der Waals surface area contributed by atoms with E-state index in [0.29, 0.717) is 0 Å². The van der Waals surface area contributed by atoms with Crippen LogP contribution < -0.4 is 4.90 Å². The fourth-order valence-electron chi connectivity index (χ4n) is 10.7. The lowest BCUT2D eigenvalue weighted by atomic mass is 9.61. The number of nitrogens with zero attached hydrogens (tertiary/aromatic N) is 1. The van der Waals surface area contributed by atoms with Gasteiger partial charge in [-0.05, 0) is 145 Å². The molecule has 6 aromatic carbocycles.